The van der Waals surface area contributed by atoms with Crippen LogP contribution >= 0.6 is 0 Å². The lowest BCUT2D eigenvalue weighted by molar-refractivity contribution is -0.193. The topological polar surface area (TPSA) is 130 Å². The van der Waals surface area contributed by atoms with Crippen LogP contribution in [-0.2, 0) is 30.4 Å². The van der Waals surface area contributed by atoms with Crippen molar-refractivity contribution in [1.29, 1.82) is 0 Å². The summed E-state index contributed by atoms with van der Waals surface area (Å²) in [4.78, 5) is 39.2. The summed E-state index contributed by atoms with van der Waals surface area (Å²) in [5, 5.41) is 14.2. The first-order valence-corrected chi connectivity index (χ1v) is 12.3. The van der Waals surface area contributed by atoms with Crippen molar-refractivity contribution in [3.63, 3.8) is 0 Å². The summed E-state index contributed by atoms with van der Waals surface area (Å²) in [6.07, 6.45) is -4.27. The van der Waals surface area contributed by atoms with E-state index in [4.69, 9.17) is 29.3 Å². The normalized spacial score (nSPS) is 23.5. The van der Waals surface area contributed by atoms with E-state index in [1.807, 2.05) is 25.2 Å². The van der Waals surface area contributed by atoms with Crippen LogP contribution in [-0.4, -0.2) is 107 Å². The molecule has 0 unspecified atom stereocenters. The number of carbonyl (C=O) groups excluding carboxylic acids is 1. The molecule has 226 valence electrons. The molecule has 4 rings (SSSR count). The molecule has 1 aromatic heterocycles. The highest BCUT2D eigenvalue weighted by atomic mass is 19.4. The van der Waals surface area contributed by atoms with Crippen molar-refractivity contribution in [3.05, 3.63) is 30.1 Å². The predicted octanol–water partition coefficient (Wildman–Crippen LogP) is 2.96. The lowest BCUT2D eigenvalue weighted by Crippen LogP contribution is -2.49. The number of pyridine rings is 1. The average Bonchev–Trinajstić information content (AvgIpc) is 3.32. The van der Waals surface area contributed by atoms with Crippen molar-refractivity contribution < 1.29 is 60.4 Å². The van der Waals surface area contributed by atoms with Gasteiger partial charge in [0.1, 0.15) is 6.10 Å². The number of carbonyl (C=O) groups is 3. The highest BCUT2D eigenvalue weighted by Crippen LogP contribution is 2.35. The molecule has 4 heterocycles. The highest BCUT2D eigenvalue weighted by Gasteiger charge is 2.44. The number of amides is 1. The number of likely N-dealkylation sites (tertiary alicyclic amines) is 1. The zero-order chi connectivity index (χ0) is 30.1. The van der Waals surface area contributed by atoms with Crippen molar-refractivity contribution in [2.24, 2.45) is 5.92 Å². The van der Waals surface area contributed by atoms with Crippen LogP contribution in [0.25, 0.3) is 0 Å². The second kappa shape index (κ2) is 14.6. The number of rotatable bonds is 4. The summed E-state index contributed by atoms with van der Waals surface area (Å²) >= 11 is 0. The third-order valence-electron chi connectivity index (χ3n) is 6.55. The van der Waals surface area contributed by atoms with Gasteiger partial charge >= 0.3 is 24.3 Å². The molecule has 16 heteroatoms. The minimum atomic E-state index is -5.08. The molecule has 0 aliphatic carbocycles. The number of fused-ring (bicyclic) bond motifs is 1. The Morgan fingerprint density at radius 2 is 1.60 bits per heavy atom. The Morgan fingerprint density at radius 3 is 2.10 bits per heavy atom. The van der Waals surface area contributed by atoms with E-state index in [1.165, 1.54) is 0 Å². The van der Waals surface area contributed by atoms with Crippen molar-refractivity contribution in [2.45, 2.75) is 62.8 Å². The summed E-state index contributed by atoms with van der Waals surface area (Å²) in [6, 6.07) is 6.41. The Morgan fingerprint density at radius 1 is 1.02 bits per heavy atom. The third-order valence-corrected chi connectivity index (χ3v) is 6.55. The molecule has 3 fully saturated rings. The van der Waals surface area contributed by atoms with Crippen LogP contribution in [0.3, 0.4) is 0 Å². The molecular weight excluding hydrogens is 556 g/mol. The van der Waals surface area contributed by atoms with Gasteiger partial charge in [-0.15, -0.1) is 0 Å². The van der Waals surface area contributed by atoms with E-state index < -0.39 is 24.3 Å². The van der Waals surface area contributed by atoms with Gasteiger partial charge < -0.3 is 24.6 Å². The maximum absolute atomic E-state index is 12.8. The fraction of sp³-hybridized carbons (Fsp3) is 0.667. The Bertz CT molecular complexity index is 950. The third kappa shape index (κ3) is 10.5. The Balaban J connectivity index is 0.000000333. The van der Waals surface area contributed by atoms with Gasteiger partial charge in [0, 0.05) is 39.0 Å². The highest BCUT2D eigenvalue weighted by molar-refractivity contribution is 5.81. The van der Waals surface area contributed by atoms with Crippen LogP contribution in [0, 0.1) is 5.92 Å². The molecule has 0 spiro atoms. The lowest BCUT2D eigenvalue weighted by Gasteiger charge is -2.40. The van der Waals surface area contributed by atoms with Gasteiger partial charge in [-0.25, -0.2) is 9.59 Å². The number of nitrogens with zero attached hydrogens (tertiary/aromatic N) is 3. The molecule has 1 aromatic rings. The van der Waals surface area contributed by atoms with E-state index in [-0.39, 0.29) is 18.1 Å². The predicted molar refractivity (Wildman–Crippen MR) is 125 cm³/mol. The van der Waals surface area contributed by atoms with Crippen LogP contribution < -0.4 is 0 Å². The smallest absolute Gasteiger partial charge is 0.475 e. The molecule has 3 aliphatic rings. The van der Waals surface area contributed by atoms with Gasteiger partial charge in [0.15, 0.2) is 0 Å². The minimum Gasteiger partial charge on any atom is -0.475 e. The number of carboxylic acid groups (broad SMARTS) is 2. The number of alkyl halides is 6. The Hall–Kier alpha value is -2.98. The Labute approximate surface area is 225 Å². The van der Waals surface area contributed by atoms with E-state index >= 15 is 0 Å². The molecule has 3 atom stereocenters. The monoisotopic (exact) mass is 587 g/mol. The van der Waals surface area contributed by atoms with E-state index in [2.05, 4.69) is 9.88 Å². The van der Waals surface area contributed by atoms with Crippen LogP contribution in [0.1, 0.15) is 31.4 Å². The molecule has 0 saturated carbocycles. The molecule has 2 N–H and O–H groups in total. The molecule has 3 aliphatic heterocycles. The fourth-order valence-electron chi connectivity index (χ4n) is 4.55. The molecule has 0 bridgehead atoms. The SMILES string of the molecule is CN(Cc1ccccn1)C(=O)[C@@H]1C[C@@H]2CCN(C3CCOCC3)C[C@@H]2O1.O=C(O)C(F)(F)F.O=C(O)C(F)(F)F. The van der Waals surface area contributed by atoms with Crippen LogP contribution in [0.15, 0.2) is 24.4 Å². The number of likely N-dealkylation sites (N-methyl/N-ethyl adjacent to an activating group) is 1. The minimum absolute atomic E-state index is 0.0858. The number of aromatic nitrogens is 1. The van der Waals surface area contributed by atoms with E-state index in [9.17, 15) is 31.1 Å². The van der Waals surface area contributed by atoms with Crippen molar-refractivity contribution in [2.75, 3.05) is 33.4 Å². The molecule has 0 aromatic carbocycles. The first-order chi connectivity index (χ1) is 18.6. The summed E-state index contributed by atoms with van der Waals surface area (Å²) in [6.45, 7) is 4.36. The molecule has 40 heavy (non-hydrogen) atoms. The van der Waals surface area contributed by atoms with Crippen molar-refractivity contribution >= 4 is 17.8 Å². The number of piperidine rings is 1. The van der Waals surface area contributed by atoms with E-state index in [0.717, 1.165) is 57.7 Å². The maximum Gasteiger partial charge on any atom is 0.490 e. The van der Waals surface area contributed by atoms with Gasteiger partial charge in [0.2, 0.25) is 0 Å². The zero-order valence-corrected chi connectivity index (χ0v) is 21.5. The summed E-state index contributed by atoms with van der Waals surface area (Å²) in [5.74, 6) is -4.91. The lowest BCUT2D eigenvalue weighted by atomic mass is 9.90. The first-order valence-electron chi connectivity index (χ1n) is 12.3. The van der Waals surface area contributed by atoms with Crippen LogP contribution in [0.2, 0.25) is 0 Å². The van der Waals surface area contributed by atoms with Crippen LogP contribution in [0.5, 0.6) is 0 Å². The van der Waals surface area contributed by atoms with Gasteiger partial charge in [0.25, 0.3) is 5.91 Å². The molecule has 0 radical (unpaired) electrons. The first kappa shape index (κ1) is 33.2. The number of aliphatic carboxylic acids is 2. The van der Waals surface area contributed by atoms with Crippen molar-refractivity contribution in [3.8, 4) is 0 Å². The number of ether oxygens (including phenoxy) is 2. The van der Waals surface area contributed by atoms with Gasteiger partial charge in [-0.1, -0.05) is 6.07 Å². The maximum atomic E-state index is 12.8. The second-order valence-electron chi connectivity index (χ2n) is 9.41. The van der Waals surface area contributed by atoms with Gasteiger partial charge in [-0.2, -0.15) is 26.3 Å². The molecular formula is C24H31F6N3O7. The number of halogens is 6. The average molecular weight is 588 g/mol. The van der Waals surface area contributed by atoms with Gasteiger partial charge in [0.05, 0.1) is 18.3 Å². The van der Waals surface area contributed by atoms with Gasteiger partial charge in [-0.05, 0) is 50.3 Å². The number of carboxylic acids is 2. The molecule has 10 nitrogen and oxygen atoms in total. The zero-order valence-electron chi connectivity index (χ0n) is 21.5. The number of hydrogen-bond donors (Lipinski definition) is 2. The summed E-state index contributed by atoms with van der Waals surface area (Å²) in [5.41, 5.74) is 0.907. The summed E-state index contributed by atoms with van der Waals surface area (Å²) < 4.78 is 75.2. The van der Waals surface area contributed by atoms with E-state index in [0.29, 0.717) is 18.5 Å². The van der Waals surface area contributed by atoms with E-state index in [1.54, 1.807) is 11.1 Å². The van der Waals surface area contributed by atoms with Crippen LogP contribution in [0.4, 0.5) is 26.3 Å². The quantitative estimate of drug-likeness (QED) is 0.511. The Kier molecular flexibility index (Phi) is 12.1. The van der Waals surface area contributed by atoms with Gasteiger partial charge in [-0.3, -0.25) is 14.7 Å². The van der Waals surface area contributed by atoms with Crippen molar-refractivity contribution in [1.82, 2.24) is 14.8 Å². The molecule has 3 saturated heterocycles. The summed E-state index contributed by atoms with van der Waals surface area (Å²) in [7, 11) is 1.84. The standard InChI is InChI=1S/C20H29N3O3.2C2HF3O2/c1-22(13-16-4-2-3-8-21-16)20(24)18-12-15-5-9-23(14-19(15)26-18)17-6-10-25-11-7-17;2*3-2(4,5)1(6)7/h2-4,8,15,17-19H,5-7,9-14H2,1H3;2*(H,6,7)/t15-,18-,19-;;/m0../s1. The molecule has 1 amide bonds. The largest absolute Gasteiger partial charge is 0.490 e. The second-order valence-corrected chi connectivity index (χ2v) is 9.41. The number of hydrogen-bond acceptors (Lipinski definition) is 7. The fourth-order valence-corrected chi connectivity index (χ4v) is 4.55.